The number of carboxylic acids is 1. The van der Waals surface area contributed by atoms with Crippen LogP contribution in [0.25, 0.3) is 0 Å². The van der Waals surface area contributed by atoms with Crippen LogP contribution in [-0.4, -0.2) is 16.8 Å². The quantitative estimate of drug-likeness (QED) is 0.808. The van der Waals surface area contributed by atoms with Gasteiger partial charge in [0.15, 0.2) is 0 Å². The number of benzene rings is 1. The van der Waals surface area contributed by atoms with E-state index in [1.165, 1.54) is 0 Å². The van der Waals surface area contributed by atoms with Crippen LogP contribution in [0.1, 0.15) is 12.5 Å². The Morgan fingerprint density at radius 2 is 2.29 bits per heavy atom. The van der Waals surface area contributed by atoms with Crippen molar-refractivity contribution in [3.05, 3.63) is 28.8 Å². The minimum absolute atomic E-state index is 0.0306. The molecule has 0 heterocycles. The van der Waals surface area contributed by atoms with Gasteiger partial charge < -0.3 is 5.11 Å². The molecule has 76 valence electrons. The average molecular weight is 231 g/mol. The normalized spacial score (nSPS) is 10.1. The monoisotopic (exact) mass is 230 g/mol. The van der Waals surface area contributed by atoms with E-state index in [1.807, 2.05) is 13.0 Å². The minimum Gasteiger partial charge on any atom is -0.481 e. The van der Waals surface area contributed by atoms with Gasteiger partial charge in [0.2, 0.25) is 0 Å². The summed E-state index contributed by atoms with van der Waals surface area (Å²) in [5.41, 5.74) is 0.789. The number of thioether (sulfide) groups is 1. The summed E-state index contributed by atoms with van der Waals surface area (Å²) >= 11 is 7.43. The van der Waals surface area contributed by atoms with Gasteiger partial charge in [-0.3, -0.25) is 4.79 Å². The van der Waals surface area contributed by atoms with E-state index in [-0.39, 0.29) is 6.42 Å². The van der Waals surface area contributed by atoms with Crippen LogP contribution >= 0.6 is 23.4 Å². The van der Waals surface area contributed by atoms with Crippen molar-refractivity contribution in [3.63, 3.8) is 0 Å². The molecule has 1 rings (SSSR count). The fraction of sp³-hybridized carbons (Fsp3) is 0.300. The molecule has 1 N–H and O–H groups in total. The Morgan fingerprint density at radius 1 is 1.57 bits per heavy atom. The van der Waals surface area contributed by atoms with E-state index < -0.39 is 5.97 Å². The molecule has 0 atom stereocenters. The Bertz CT molecular complexity index is 339. The highest BCUT2D eigenvalue weighted by atomic mass is 35.5. The van der Waals surface area contributed by atoms with Crippen molar-refractivity contribution in [2.75, 3.05) is 5.75 Å². The van der Waals surface area contributed by atoms with Crippen LogP contribution in [0.2, 0.25) is 5.02 Å². The summed E-state index contributed by atoms with van der Waals surface area (Å²) in [6, 6.07) is 5.37. The van der Waals surface area contributed by atoms with E-state index >= 15 is 0 Å². The van der Waals surface area contributed by atoms with Crippen molar-refractivity contribution in [3.8, 4) is 0 Å². The molecule has 4 heteroatoms. The number of carbonyl (C=O) groups is 1. The molecule has 0 radical (unpaired) electrons. The molecule has 0 spiro atoms. The molecule has 2 nitrogen and oxygen atoms in total. The van der Waals surface area contributed by atoms with Crippen molar-refractivity contribution < 1.29 is 9.90 Å². The maximum Gasteiger partial charge on any atom is 0.307 e. The van der Waals surface area contributed by atoms with Gasteiger partial charge in [-0.15, -0.1) is 11.8 Å². The molecular weight excluding hydrogens is 220 g/mol. The molecule has 0 amide bonds. The Hall–Kier alpha value is -0.670. The van der Waals surface area contributed by atoms with E-state index in [2.05, 4.69) is 0 Å². The minimum atomic E-state index is -0.829. The van der Waals surface area contributed by atoms with Gasteiger partial charge in [0.1, 0.15) is 0 Å². The summed E-state index contributed by atoms with van der Waals surface area (Å²) in [5.74, 6) is 0.0964. The summed E-state index contributed by atoms with van der Waals surface area (Å²) in [6.45, 7) is 2.03. The maximum atomic E-state index is 10.6. The van der Waals surface area contributed by atoms with E-state index in [4.69, 9.17) is 16.7 Å². The highest BCUT2D eigenvalue weighted by Gasteiger charge is 2.07. The number of hydrogen-bond donors (Lipinski definition) is 1. The standard InChI is InChI=1S/C10H11ClO2S/c1-2-14-9-4-3-8(11)5-7(9)6-10(12)13/h3-5H,2,6H2,1H3,(H,12,13). The second-order valence-corrected chi connectivity index (χ2v) is 4.50. The Kier molecular flexibility index (Phi) is 4.29. The first-order valence-electron chi connectivity index (χ1n) is 4.26. The molecule has 0 saturated heterocycles. The molecule has 0 fully saturated rings. The average Bonchev–Trinajstić information content (AvgIpc) is 2.09. The summed E-state index contributed by atoms with van der Waals surface area (Å²) in [5, 5.41) is 9.28. The first kappa shape index (κ1) is 11.4. The van der Waals surface area contributed by atoms with Gasteiger partial charge in [-0.1, -0.05) is 18.5 Å². The largest absolute Gasteiger partial charge is 0.481 e. The van der Waals surface area contributed by atoms with Gasteiger partial charge >= 0.3 is 5.97 Å². The summed E-state index contributed by atoms with van der Waals surface area (Å²) in [7, 11) is 0. The predicted octanol–water partition coefficient (Wildman–Crippen LogP) is 3.08. The van der Waals surface area contributed by atoms with Gasteiger partial charge in [0, 0.05) is 9.92 Å². The summed E-state index contributed by atoms with van der Waals surface area (Å²) < 4.78 is 0. The second-order valence-electron chi connectivity index (χ2n) is 2.76. The van der Waals surface area contributed by atoms with Crippen LogP contribution < -0.4 is 0 Å². The van der Waals surface area contributed by atoms with E-state index in [0.29, 0.717) is 5.02 Å². The molecule has 0 aliphatic carbocycles. The van der Waals surface area contributed by atoms with Crippen molar-refractivity contribution in [1.29, 1.82) is 0 Å². The SMILES string of the molecule is CCSc1ccc(Cl)cc1CC(=O)O. The Labute approximate surface area is 92.3 Å². The number of halogens is 1. The highest BCUT2D eigenvalue weighted by Crippen LogP contribution is 2.25. The number of rotatable bonds is 4. The van der Waals surface area contributed by atoms with Crippen molar-refractivity contribution >= 4 is 29.3 Å². The zero-order valence-corrected chi connectivity index (χ0v) is 9.36. The molecule has 0 bridgehead atoms. The van der Waals surface area contributed by atoms with Gasteiger partial charge in [-0.2, -0.15) is 0 Å². The number of carboxylic acid groups (broad SMARTS) is 1. The van der Waals surface area contributed by atoms with Crippen molar-refractivity contribution in [2.45, 2.75) is 18.2 Å². The van der Waals surface area contributed by atoms with Crippen LogP contribution in [-0.2, 0) is 11.2 Å². The fourth-order valence-corrected chi connectivity index (χ4v) is 2.13. The number of hydrogen-bond acceptors (Lipinski definition) is 2. The lowest BCUT2D eigenvalue weighted by Crippen LogP contribution is -2.01. The Morgan fingerprint density at radius 3 is 2.86 bits per heavy atom. The van der Waals surface area contributed by atoms with Crippen LogP contribution in [0.3, 0.4) is 0 Å². The zero-order chi connectivity index (χ0) is 10.6. The summed E-state index contributed by atoms with van der Waals surface area (Å²) in [4.78, 5) is 11.6. The zero-order valence-electron chi connectivity index (χ0n) is 7.79. The molecule has 0 aliphatic heterocycles. The molecule has 14 heavy (non-hydrogen) atoms. The molecule has 1 aromatic carbocycles. The first-order valence-corrected chi connectivity index (χ1v) is 5.63. The van der Waals surface area contributed by atoms with Crippen LogP contribution in [0, 0.1) is 0 Å². The highest BCUT2D eigenvalue weighted by molar-refractivity contribution is 7.99. The predicted molar refractivity (Wildman–Crippen MR) is 59.2 cm³/mol. The van der Waals surface area contributed by atoms with Crippen molar-refractivity contribution in [1.82, 2.24) is 0 Å². The van der Waals surface area contributed by atoms with Crippen LogP contribution in [0.15, 0.2) is 23.1 Å². The molecule has 1 aromatic rings. The van der Waals surface area contributed by atoms with Gasteiger partial charge in [-0.05, 0) is 29.5 Å². The summed E-state index contributed by atoms with van der Waals surface area (Å²) in [6.07, 6.45) is 0.0306. The third-order valence-corrected chi connectivity index (χ3v) is 2.90. The van der Waals surface area contributed by atoms with E-state index in [9.17, 15) is 4.79 Å². The smallest absolute Gasteiger partial charge is 0.307 e. The van der Waals surface area contributed by atoms with Gasteiger partial charge in [-0.25, -0.2) is 0 Å². The molecule has 0 unspecified atom stereocenters. The van der Waals surface area contributed by atoms with Crippen molar-refractivity contribution in [2.24, 2.45) is 0 Å². The molecule has 0 aromatic heterocycles. The Balaban J connectivity index is 2.96. The number of aliphatic carboxylic acids is 1. The van der Waals surface area contributed by atoms with Crippen LogP contribution in [0.4, 0.5) is 0 Å². The lowest BCUT2D eigenvalue weighted by atomic mass is 10.1. The third-order valence-electron chi connectivity index (χ3n) is 1.66. The molecule has 0 aliphatic rings. The van der Waals surface area contributed by atoms with E-state index in [1.54, 1.807) is 23.9 Å². The van der Waals surface area contributed by atoms with Crippen LogP contribution in [0.5, 0.6) is 0 Å². The topological polar surface area (TPSA) is 37.3 Å². The maximum absolute atomic E-state index is 10.6. The fourth-order valence-electron chi connectivity index (χ4n) is 1.15. The lowest BCUT2D eigenvalue weighted by molar-refractivity contribution is -0.136. The molecular formula is C10H11ClO2S. The molecule has 0 saturated carbocycles. The van der Waals surface area contributed by atoms with Gasteiger partial charge in [0.25, 0.3) is 0 Å². The van der Waals surface area contributed by atoms with E-state index in [0.717, 1.165) is 16.2 Å². The second kappa shape index (κ2) is 5.27. The van der Waals surface area contributed by atoms with Gasteiger partial charge in [0.05, 0.1) is 6.42 Å². The lowest BCUT2D eigenvalue weighted by Gasteiger charge is -2.06. The third kappa shape index (κ3) is 3.24. The first-order chi connectivity index (χ1) is 6.63.